The summed E-state index contributed by atoms with van der Waals surface area (Å²) < 4.78 is 11.5. The summed E-state index contributed by atoms with van der Waals surface area (Å²) in [6.07, 6.45) is 0. The molecule has 0 aliphatic heterocycles. The number of rotatable bonds is 3. The van der Waals surface area contributed by atoms with Crippen LogP contribution in [0.5, 0.6) is 0 Å². The zero-order valence-corrected chi connectivity index (χ0v) is 30.5. The molecule has 57 heavy (non-hydrogen) atoms. The second kappa shape index (κ2) is 11.4. The zero-order valence-electron chi connectivity index (χ0n) is 30.5. The normalized spacial score (nSPS) is 12.2. The molecule has 5 heteroatoms. The lowest BCUT2D eigenvalue weighted by Crippen LogP contribution is -2.04. The van der Waals surface area contributed by atoms with Crippen LogP contribution < -0.4 is 0 Å². The molecule has 0 fully saturated rings. The third-order valence-corrected chi connectivity index (χ3v) is 11.9. The number of hydrogen-bond donors (Lipinski definition) is 0. The largest absolute Gasteiger partial charge is 0.455 e. The Kier molecular flexibility index (Phi) is 6.10. The maximum Gasteiger partial charge on any atom is 0.235 e. The van der Waals surface area contributed by atoms with Crippen molar-refractivity contribution in [1.29, 1.82) is 0 Å². The second-order valence-corrected chi connectivity index (χ2v) is 14.9. The zero-order chi connectivity index (χ0) is 37.2. The van der Waals surface area contributed by atoms with E-state index < -0.39 is 0 Å². The van der Waals surface area contributed by atoms with E-state index in [9.17, 15) is 0 Å². The van der Waals surface area contributed by atoms with Gasteiger partial charge < -0.3 is 8.98 Å². The van der Waals surface area contributed by atoms with Crippen LogP contribution in [0.1, 0.15) is 0 Å². The number of para-hydroxylation sites is 2. The maximum atomic E-state index is 6.77. The summed E-state index contributed by atoms with van der Waals surface area (Å²) in [7, 11) is 0. The summed E-state index contributed by atoms with van der Waals surface area (Å²) in [5, 5.41) is 12.5. The van der Waals surface area contributed by atoms with E-state index >= 15 is 0 Å². The minimum atomic E-state index is 0.634. The predicted molar refractivity (Wildman–Crippen MR) is 236 cm³/mol. The van der Waals surface area contributed by atoms with E-state index in [-0.39, 0.29) is 0 Å². The van der Waals surface area contributed by atoms with Crippen LogP contribution in [0.2, 0.25) is 0 Å². The number of aromatic nitrogens is 4. The summed E-state index contributed by atoms with van der Waals surface area (Å²) >= 11 is 0. The highest BCUT2D eigenvalue weighted by Gasteiger charge is 2.25. The maximum absolute atomic E-state index is 6.77. The molecule has 5 nitrogen and oxygen atoms in total. The Bertz CT molecular complexity index is 3810. The number of hydrogen-bond acceptors (Lipinski definition) is 3. The third kappa shape index (κ3) is 4.17. The van der Waals surface area contributed by atoms with Gasteiger partial charge in [-0.15, -0.1) is 0 Å². The van der Waals surface area contributed by atoms with Gasteiger partial charge in [0.05, 0.1) is 44.4 Å². The molecule has 264 valence electrons. The number of furan rings is 1. The Morgan fingerprint density at radius 2 is 1.05 bits per heavy atom. The van der Waals surface area contributed by atoms with E-state index in [0.717, 1.165) is 104 Å². The van der Waals surface area contributed by atoms with Crippen molar-refractivity contribution in [3.8, 4) is 22.9 Å². The average Bonchev–Trinajstić information content (AvgIpc) is 3.93. The molecule has 0 saturated heterocycles. The van der Waals surface area contributed by atoms with Gasteiger partial charge in [0.2, 0.25) is 5.95 Å². The Hall–Kier alpha value is -7.76. The summed E-state index contributed by atoms with van der Waals surface area (Å²) in [6.45, 7) is 0. The van der Waals surface area contributed by atoms with Crippen LogP contribution in [0.25, 0.3) is 121 Å². The quantitative estimate of drug-likeness (QED) is 0.170. The third-order valence-electron chi connectivity index (χ3n) is 11.9. The highest BCUT2D eigenvalue weighted by molar-refractivity contribution is 6.31. The molecule has 13 aromatic rings. The number of fused-ring (bicyclic) bond motifs is 15. The van der Waals surface area contributed by atoms with Gasteiger partial charge in [0.1, 0.15) is 11.2 Å². The average molecular weight is 727 g/mol. The van der Waals surface area contributed by atoms with Gasteiger partial charge in [-0.05, 0) is 64.7 Å². The van der Waals surface area contributed by atoms with Crippen molar-refractivity contribution in [1.82, 2.24) is 19.1 Å². The van der Waals surface area contributed by atoms with Crippen LogP contribution in [0.3, 0.4) is 0 Å². The van der Waals surface area contributed by atoms with Crippen molar-refractivity contribution in [2.75, 3.05) is 0 Å². The topological polar surface area (TPSA) is 48.8 Å². The number of nitrogens with zero attached hydrogens (tertiary/aromatic N) is 4. The van der Waals surface area contributed by atoms with Gasteiger partial charge in [0.25, 0.3) is 0 Å². The lowest BCUT2D eigenvalue weighted by atomic mass is 10.0. The molecule has 0 N–H and O–H groups in total. The summed E-state index contributed by atoms with van der Waals surface area (Å²) in [5.41, 5.74) is 10.1. The predicted octanol–water partition coefficient (Wildman–Crippen LogP) is 13.7. The first-order valence-electron chi connectivity index (χ1n) is 19.3. The van der Waals surface area contributed by atoms with Crippen LogP contribution in [0.15, 0.2) is 186 Å². The summed E-state index contributed by atoms with van der Waals surface area (Å²) in [6, 6.07) is 64.6. The lowest BCUT2D eigenvalue weighted by molar-refractivity contribution is 0.673. The van der Waals surface area contributed by atoms with Crippen LogP contribution >= 0.6 is 0 Å². The van der Waals surface area contributed by atoms with Crippen molar-refractivity contribution in [2.24, 2.45) is 0 Å². The molecule has 0 aliphatic rings. The van der Waals surface area contributed by atoms with Crippen molar-refractivity contribution >= 4 is 98.0 Å². The molecule has 0 saturated carbocycles. The first-order valence-corrected chi connectivity index (χ1v) is 19.3. The molecule has 4 aromatic heterocycles. The van der Waals surface area contributed by atoms with Gasteiger partial charge in [-0.1, -0.05) is 133 Å². The minimum absolute atomic E-state index is 0.634. The molecule has 13 rings (SSSR count). The summed E-state index contributed by atoms with van der Waals surface area (Å²) in [4.78, 5) is 10.9. The van der Waals surface area contributed by atoms with E-state index in [1.165, 1.54) is 10.8 Å². The molecular weight excluding hydrogens is 697 g/mol. The first kappa shape index (κ1) is 30.6. The highest BCUT2D eigenvalue weighted by atomic mass is 16.3. The summed E-state index contributed by atoms with van der Waals surface area (Å²) in [5.74, 6) is 0.634. The van der Waals surface area contributed by atoms with Crippen molar-refractivity contribution < 1.29 is 4.42 Å². The van der Waals surface area contributed by atoms with Crippen LogP contribution in [0, 0.1) is 0 Å². The van der Waals surface area contributed by atoms with Gasteiger partial charge >= 0.3 is 0 Å². The van der Waals surface area contributed by atoms with Crippen LogP contribution in [0.4, 0.5) is 0 Å². The fraction of sp³-hybridized carbons (Fsp3) is 0. The molecule has 9 aromatic carbocycles. The second-order valence-electron chi connectivity index (χ2n) is 14.9. The Balaban J connectivity index is 1.22. The van der Waals surface area contributed by atoms with Crippen molar-refractivity contribution in [3.05, 3.63) is 182 Å². The first-order chi connectivity index (χ1) is 28.3. The molecule has 0 spiro atoms. The molecule has 4 heterocycles. The van der Waals surface area contributed by atoms with Gasteiger partial charge in [-0.25, -0.2) is 9.97 Å². The minimum Gasteiger partial charge on any atom is -0.455 e. The Morgan fingerprint density at radius 3 is 1.91 bits per heavy atom. The van der Waals surface area contributed by atoms with Gasteiger partial charge in [-0.2, -0.15) is 0 Å². The van der Waals surface area contributed by atoms with Gasteiger partial charge in [0.15, 0.2) is 0 Å². The van der Waals surface area contributed by atoms with E-state index in [1.54, 1.807) is 0 Å². The fourth-order valence-electron chi connectivity index (χ4n) is 9.49. The monoisotopic (exact) mass is 726 g/mol. The fourth-order valence-corrected chi connectivity index (χ4v) is 9.49. The lowest BCUT2D eigenvalue weighted by Gasteiger charge is -2.14. The van der Waals surface area contributed by atoms with Gasteiger partial charge in [-0.3, -0.25) is 4.57 Å². The molecule has 0 bridgehead atoms. The number of benzene rings is 9. The Morgan fingerprint density at radius 1 is 0.386 bits per heavy atom. The van der Waals surface area contributed by atoms with E-state index in [1.807, 2.05) is 6.07 Å². The standard InChI is InChI=1S/C52H30N4O/c1-2-15-33(16-3-1)49-46-35-19-7-5-14-32(35)25-28-40(46)53-52(54-49)56-42-22-10-8-21-38(42)47-43(56)30-27-39-48-44(29-26-37-36-20-9-11-24-45(36)57-51(37)48)55(50(39)47)41-23-12-17-31-13-4-6-18-34(31)41/h1-30H. The molecule has 0 amide bonds. The highest BCUT2D eigenvalue weighted by Crippen LogP contribution is 2.46. The molecule has 0 unspecified atom stereocenters. The van der Waals surface area contributed by atoms with Crippen LogP contribution in [-0.4, -0.2) is 19.1 Å². The van der Waals surface area contributed by atoms with Crippen LogP contribution in [-0.2, 0) is 0 Å². The molecule has 0 radical (unpaired) electrons. The van der Waals surface area contributed by atoms with E-state index in [0.29, 0.717) is 5.95 Å². The van der Waals surface area contributed by atoms with Gasteiger partial charge in [0, 0.05) is 43.3 Å². The van der Waals surface area contributed by atoms with Crippen molar-refractivity contribution in [2.45, 2.75) is 0 Å². The molecule has 0 atom stereocenters. The van der Waals surface area contributed by atoms with E-state index in [4.69, 9.17) is 14.4 Å². The van der Waals surface area contributed by atoms with Crippen molar-refractivity contribution in [3.63, 3.8) is 0 Å². The molecule has 0 aliphatic carbocycles. The molecular formula is C52H30N4O. The Labute approximate surface area is 325 Å². The SMILES string of the molecule is c1ccc(-c2nc(-n3c4ccccc4c4c3ccc3c5c6oc7ccccc7c6ccc5n(-c5cccc6ccccc56)c34)nc3ccc4ccccc4c23)cc1. The smallest absolute Gasteiger partial charge is 0.235 e. The van der Waals surface area contributed by atoms with E-state index in [2.05, 4.69) is 185 Å².